The van der Waals surface area contributed by atoms with Crippen molar-refractivity contribution in [1.29, 1.82) is 0 Å². The van der Waals surface area contributed by atoms with Crippen molar-refractivity contribution < 1.29 is 4.39 Å². The van der Waals surface area contributed by atoms with E-state index in [1.54, 1.807) is 6.07 Å². The lowest BCUT2D eigenvalue weighted by Gasteiger charge is -2.10. The summed E-state index contributed by atoms with van der Waals surface area (Å²) in [4.78, 5) is 3.22. The molecule has 102 valence electrons. The van der Waals surface area contributed by atoms with E-state index in [1.165, 1.54) is 6.07 Å². The van der Waals surface area contributed by atoms with Gasteiger partial charge in [0.15, 0.2) is 4.77 Å². The van der Waals surface area contributed by atoms with E-state index in [1.807, 2.05) is 36.6 Å². The monoisotopic (exact) mass is 350 g/mol. The van der Waals surface area contributed by atoms with Crippen molar-refractivity contribution in [1.82, 2.24) is 9.55 Å². The molecule has 0 fully saturated rings. The molecule has 3 aromatic rings. The molecule has 2 aromatic carbocycles. The smallest absolute Gasteiger partial charge is 0.182 e. The number of rotatable bonds is 1. The average molecular weight is 351 g/mol. The molecule has 0 saturated carbocycles. The number of H-pyrrole nitrogens is 1. The maximum Gasteiger partial charge on any atom is 0.182 e. The molecule has 20 heavy (non-hydrogen) atoms. The summed E-state index contributed by atoms with van der Waals surface area (Å²) in [6.07, 6.45) is 0. The number of benzene rings is 2. The van der Waals surface area contributed by atoms with Gasteiger partial charge in [0.05, 0.1) is 21.2 Å². The molecule has 0 aliphatic carbocycles. The highest BCUT2D eigenvalue weighted by Gasteiger charge is 2.12. The predicted octanol–water partition coefficient (Wildman–Crippen LogP) is 5.21. The molecule has 0 amide bonds. The van der Waals surface area contributed by atoms with Crippen LogP contribution in [0, 0.1) is 24.4 Å². The SMILES string of the molecule is Cc1cc(F)c(Br)cc1-n1c(=S)[nH]c2c(C)cccc21. The van der Waals surface area contributed by atoms with Gasteiger partial charge in [0.25, 0.3) is 0 Å². The summed E-state index contributed by atoms with van der Waals surface area (Å²) in [5, 5.41) is 0. The molecule has 0 aliphatic rings. The molecule has 0 atom stereocenters. The van der Waals surface area contributed by atoms with Crippen molar-refractivity contribution in [2.75, 3.05) is 0 Å². The molecule has 0 spiro atoms. The van der Waals surface area contributed by atoms with Gasteiger partial charge in [0.1, 0.15) is 5.82 Å². The van der Waals surface area contributed by atoms with Gasteiger partial charge in [-0.15, -0.1) is 0 Å². The molecule has 3 rings (SSSR count). The highest BCUT2D eigenvalue weighted by molar-refractivity contribution is 9.10. The van der Waals surface area contributed by atoms with Crippen LogP contribution in [0.5, 0.6) is 0 Å². The van der Waals surface area contributed by atoms with E-state index in [4.69, 9.17) is 12.2 Å². The fourth-order valence-corrected chi connectivity index (χ4v) is 3.02. The van der Waals surface area contributed by atoms with Crippen molar-refractivity contribution in [3.63, 3.8) is 0 Å². The molecule has 1 N–H and O–H groups in total. The van der Waals surface area contributed by atoms with Crippen LogP contribution in [0.4, 0.5) is 4.39 Å². The molecule has 1 heterocycles. The normalized spacial score (nSPS) is 11.2. The van der Waals surface area contributed by atoms with Crippen LogP contribution in [-0.4, -0.2) is 9.55 Å². The lowest BCUT2D eigenvalue weighted by Crippen LogP contribution is -1.98. The van der Waals surface area contributed by atoms with Gasteiger partial charge in [-0.05, 0) is 71.3 Å². The van der Waals surface area contributed by atoms with Crippen LogP contribution in [0.3, 0.4) is 0 Å². The third-order valence-electron chi connectivity index (χ3n) is 3.41. The summed E-state index contributed by atoms with van der Waals surface area (Å²) in [6.45, 7) is 3.91. The number of aryl methyl sites for hydroxylation is 2. The van der Waals surface area contributed by atoms with E-state index in [0.717, 1.165) is 27.8 Å². The Balaban J connectivity index is 2.41. The van der Waals surface area contributed by atoms with Gasteiger partial charge in [-0.25, -0.2) is 4.39 Å². The van der Waals surface area contributed by atoms with Crippen LogP contribution in [-0.2, 0) is 0 Å². The molecule has 0 saturated heterocycles. The van der Waals surface area contributed by atoms with Crippen LogP contribution >= 0.6 is 28.1 Å². The number of nitrogens with one attached hydrogen (secondary N) is 1. The summed E-state index contributed by atoms with van der Waals surface area (Å²) in [5.41, 5.74) is 4.85. The number of halogens is 2. The molecular weight excluding hydrogens is 339 g/mol. The zero-order valence-electron chi connectivity index (χ0n) is 11.0. The Morgan fingerprint density at radius 3 is 2.70 bits per heavy atom. The molecule has 1 aromatic heterocycles. The number of fused-ring (bicyclic) bond motifs is 1. The number of para-hydroxylation sites is 1. The van der Waals surface area contributed by atoms with Crippen LogP contribution in [0.1, 0.15) is 11.1 Å². The number of hydrogen-bond acceptors (Lipinski definition) is 1. The number of hydrogen-bond donors (Lipinski definition) is 1. The molecular formula is C15H12BrFN2S. The second-order valence-corrected chi connectivity index (χ2v) is 6.03. The fraction of sp³-hybridized carbons (Fsp3) is 0.133. The van der Waals surface area contributed by atoms with Crippen molar-refractivity contribution in [3.8, 4) is 5.69 Å². The lowest BCUT2D eigenvalue weighted by atomic mass is 10.1. The summed E-state index contributed by atoms with van der Waals surface area (Å²) >= 11 is 8.66. The summed E-state index contributed by atoms with van der Waals surface area (Å²) in [6, 6.07) is 9.30. The van der Waals surface area contributed by atoms with E-state index in [0.29, 0.717) is 9.24 Å². The first-order valence-electron chi connectivity index (χ1n) is 6.15. The van der Waals surface area contributed by atoms with Gasteiger partial charge in [-0.3, -0.25) is 4.57 Å². The fourth-order valence-electron chi connectivity index (χ4n) is 2.39. The number of nitrogens with zero attached hydrogens (tertiary/aromatic N) is 1. The Labute approximate surface area is 129 Å². The zero-order chi connectivity index (χ0) is 14.4. The molecule has 0 aliphatic heterocycles. The second-order valence-electron chi connectivity index (χ2n) is 4.79. The van der Waals surface area contributed by atoms with Gasteiger partial charge in [0, 0.05) is 0 Å². The quantitative estimate of drug-likeness (QED) is 0.597. The Hall–Kier alpha value is -1.46. The molecule has 2 nitrogen and oxygen atoms in total. The first-order chi connectivity index (χ1) is 9.49. The van der Waals surface area contributed by atoms with Crippen LogP contribution in [0.15, 0.2) is 34.8 Å². The van der Waals surface area contributed by atoms with Crippen molar-refractivity contribution in [3.05, 3.63) is 56.5 Å². The Kier molecular flexibility index (Phi) is 3.26. The molecule has 5 heteroatoms. The van der Waals surface area contributed by atoms with E-state index >= 15 is 0 Å². The number of aromatic amines is 1. The largest absolute Gasteiger partial charge is 0.330 e. The van der Waals surface area contributed by atoms with Gasteiger partial charge in [-0.1, -0.05) is 12.1 Å². The maximum atomic E-state index is 13.6. The van der Waals surface area contributed by atoms with Crippen LogP contribution in [0.25, 0.3) is 16.7 Å². The lowest BCUT2D eigenvalue weighted by molar-refractivity contribution is 0.619. The van der Waals surface area contributed by atoms with Crippen molar-refractivity contribution in [2.24, 2.45) is 0 Å². The Morgan fingerprint density at radius 1 is 1.20 bits per heavy atom. The predicted molar refractivity (Wildman–Crippen MR) is 85.6 cm³/mol. The minimum Gasteiger partial charge on any atom is -0.330 e. The van der Waals surface area contributed by atoms with Crippen LogP contribution in [0.2, 0.25) is 0 Å². The van der Waals surface area contributed by atoms with Crippen molar-refractivity contribution in [2.45, 2.75) is 13.8 Å². The molecule has 0 radical (unpaired) electrons. The minimum atomic E-state index is -0.270. The maximum absolute atomic E-state index is 13.6. The van der Waals surface area contributed by atoms with E-state index in [2.05, 4.69) is 20.9 Å². The third kappa shape index (κ3) is 2.01. The van der Waals surface area contributed by atoms with Gasteiger partial charge in [0.2, 0.25) is 0 Å². The van der Waals surface area contributed by atoms with E-state index in [-0.39, 0.29) is 5.82 Å². The van der Waals surface area contributed by atoms with Crippen LogP contribution < -0.4 is 0 Å². The second kappa shape index (κ2) is 4.82. The highest BCUT2D eigenvalue weighted by Crippen LogP contribution is 2.27. The summed E-state index contributed by atoms with van der Waals surface area (Å²) in [7, 11) is 0. The van der Waals surface area contributed by atoms with Gasteiger partial charge < -0.3 is 4.98 Å². The number of imidazole rings is 1. The molecule has 0 unspecified atom stereocenters. The Bertz CT molecular complexity index is 879. The van der Waals surface area contributed by atoms with Gasteiger partial charge >= 0.3 is 0 Å². The zero-order valence-corrected chi connectivity index (χ0v) is 13.4. The first kappa shape index (κ1) is 13.5. The first-order valence-corrected chi connectivity index (χ1v) is 7.35. The van der Waals surface area contributed by atoms with Gasteiger partial charge in [-0.2, -0.15) is 0 Å². The third-order valence-corrected chi connectivity index (χ3v) is 4.30. The summed E-state index contributed by atoms with van der Waals surface area (Å²) in [5.74, 6) is -0.270. The average Bonchev–Trinajstić information content (AvgIpc) is 2.72. The molecule has 0 bridgehead atoms. The van der Waals surface area contributed by atoms with E-state index < -0.39 is 0 Å². The van der Waals surface area contributed by atoms with E-state index in [9.17, 15) is 4.39 Å². The van der Waals surface area contributed by atoms with Crippen molar-refractivity contribution >= 4 is 39.2 Å². The standard InChI is InChI=1S/C15H12BrFN2S/c1-8-4-3-5-12-14(8)18-15(20)19(12)13-7-10(16)11(17)6-9(13)2/h3-7H,1-2H3,(H,18,20). The Morgan fingerprint density at radius 2 is 1.95 bits per heavy atom. The topological polar surface area (TPSA) is 20.7 Å². The minimum absolute atomic E-state index is 0.270. The number of aromatic nitrogens is 2. The highest BCUT2D eigenvalue weighted by atomic mass is 79.9. The summed E-state index contributed by atoms with van der Waals surface area (Å²) < 4.78 is 16.6.